The van der Waals surface area contributed by atoms with Crippen LogP contribution in [0.4, 0.5) is 10.8 Å². The fourth-order valence-electron chi connectivity index (χ4n) is 2.52. The highest BCUT2D eigenvalue weighted by Gasteiger charge is 2.07. The fraction of sp³-hybridized carbons (Fsp3) is 0.278. The van der Waals surface area contributed by atoms with Crippen molar-refractivity contribution in [2.75, 3.05) is 18.4 Å². The predicted molar refractivity (Wildman–Crippen MR) is 97.9 cm³/mol. The number of hydrogen-bond acceptors (Lipinski definition) is 5. The summed E-state index contributed by atoms with van der Waals surface area (Å²) in [5, 5.41) is 21.5. The second kappa shape index (κ2) is 7.44. The minimum atomic E-state index is 0.299. The zero-order valence-corrected chi connectivity index (χ0v) is 14.0. The molecule has 3 rings (SSSR count). The Labute approximate surface area is 140 Å². The van der Waals surface area contributed by atoms with Gasteiger partial charge in [-0.05, 0) is 25.1 Å². The number of benzene rings is 2. The average molecular weight is 327 g/mol. The molecule has 4 nitrogen and oxygen atoms in total. The van der Waals surface area contributed by atoms with Crippen LogP contribution < -0.4 is 10.6 Å². The van der Waals surface area contributed by atoms with Gasteiger partial charge in [-0.2, -0.15) is 0 Å². The molecule has 2 aromatic carbocycles. The first-order valence-electron chi connectivity index (χ1n) is 7.91. The van der Waals surface area contributed by atoms with Gasteiger partial charge in [0.1, 0.15) is 5.75 Å². The summed E-state index contributed by atoms with van der Waals surface area (Å²) in [7, 11) is 0. The van der Waals surface area contributed by atoms with Crippen molar-refractivity contribution in [2.24, 2.45) is 0 Å². The molecule has 0 spiro atoms. The lowest BCUT2D eigenvalue weighted by atomic mass is 10.1. The van der Waals surface area contributed by atoms with E-state index >= 15 is 0 Å². The van der Waals surface area contributed by atoms with E-state index < -0.39 is 0 Å². The Hall–Kier alpha value is -2.11. The topological polar surface area (TPSA) is 57.2 Å². The van der Waals surface area contributed by atoms with E-state index in [-0.39, 0.29) is 0 Å². The van der Waals surface area contributed by atoms with E-state index in [1.165, 1.54) is 0 Å². The summed E-state index contributed by atoms with van der Waals surface area (Å²) in [6.07, 6.45) is 2.09. The maximum absolute atomic E-state index is 9.96. The molecule has 3 aromatic rings. The second-order valence-corrected chi connectivity index (χ2v) is 6.30. The number of aromatic hydroxyl groups is 1. The number of thiazole rings is 1. The number of nitrogens with zero attached hydrogens (tertiary/aromatic N) is 1. The molecule has 1 heterocycles. The smallest absolute Gasteiger partial charge is 0.187 e. The molecule has 0 aliphatic carbocycles. The SMILES string of the molecule is CCCNCCc1csc(Nc2cccc3c(O)cccc23)n1. The predicted octanol–water partition coefficient (Wildman–Crippen LogP) is 4.29. The lowest BCUT2D eigenvalue weighted by Crippen LogP contribution is -2.17. The third kappa shape index (κ3) is 3.81. The lowest BCUT2D eigenvalue weighted by Gasteiger charge is -2.08. The zero-order chi connectivity index (χ0) is 16.1. The summed E-state index contributed by atoms with van der Waals surface area (Å²) >= 11 is 1.61. The highest BCUT2D eigenvalue weighted by atomic mass is 32.1. The quantitative estimate of drug-likeness (QED) is 0.567. The molecule has 0 radical (unpaired) electrons. The number of phenolic OH excluding ortho intramolecular Hbond substituents is 1. The molecule has 5 heteroatoms. The summed E-state index contributed by atoms with van der Waals surface area (Å²) in [4.78, 5) is 4.64. The van der Waals surface area contributed by atoms with Crippen LogP contribution in [0.15, 0.2) is 41.8 Å². The summed E-state index contributed by atoms with van der Waals surface area (Å²) < 4.78 is 0. The lowest BCUT2D eigenvalue weighted by molar-refractivity contribution is 0.481. The van der Waals surface area contributed by atoms with Crippen LogP contribution in [-0.4, -0.2) is 23.2 Å². The molecule has 0 aliphatic heterocycles. The van der Waals surface area contributed by atoms with Crippen molar-refractivity contribution in [1.82, 2.24) is 10.3 Å². The van der Waals surface area contributed by atoms with Crippen LogP contribution in [0.3, 0.4) is 0 Å². The average Bonchev–Trinajstić information content (AvgIpc) is 3.00. The van der Waals surface area contributed by atoms with Gasteiger partial charge >= 0.3 is 0 Å². The van der Waals surface area contributed by atoms with Gasteiger partial charge in [-0.15, -0.1) is 11.3 Å². The highest BCUT2D eigenvalue weighted by molar-refractivity contribution is 7.13. The molecule has 23 heavy (non-hydrogen) atoms. The number of rotatable bonds is 7. The van der Waals surface area contributed by atoms with Crippen LogP contribution in [0.1, 0.15) is 19.0 Å². The van der Waals surface area contributed by atoms with Crippen LogP contribution in [0.25, 0.3) is 10.8 Å². The van der Waals surface area contributed by atoms with Crippen LogP contribution in [0, 0.1) is 0 Å². The first-order chi connectivity index (χ1) is 11.3. The number of anilines is 2. The van der Waals surface area contributed by atoms with Crippen molar-refractivity contribution in [1.29, 1.82) is 0 Å². The number of hydrogen-bond donors (Lipinski definition) is 3. The molecule has 0 saturated heterocycles. The largest absolute Gasteiger partial charge is 0.507 e. The van der Waals surface area contributed by atoms with Crippen molar-refractivity contribution < 1.29 is 5.11 Å². The van der Waals surface area contributed by atoms with Gasteiger partial charge in [0.2, 0.25) is 0 Å². The van der Waals surface area contributed by atoms with Crippen molar-refractivity contribution >= 4 is 32.9 Å². The maximum Gasteiger partial charge on any atom is 0.187 e. The Morgan fingerprint density at radius 1 is 1.09 bits per heavy atom. The molecule has 1 aromatic heterocycles. The normalized spacial score (nSPS) is 11.0. The maximum atomic E-state index is 9.96. The Kier molecular flexibility index (Phi) is 5.10. The van der Waals surface area contributed by atoms with Crippen molar-refractivity contribution in [3.05, 3.63) is 47.5 Å². The van der Waals surface area contributed by atoms with E-state index in [0.29, 0.717) is 5.75 Å². The van der Waals surface area contributed by atoms with Gasteiger partial charge in [0, 0.05) is 34.8 Å². The Bertz CT molecular complexity index is 785. The second-order valence-electron chi connectivity index (χ2n) is 5.45. The van der Waals surface area contributed by atoms with Gasteiger partial charge in [-0.25, -0.2) is 4.98 Å². The summed E-state index contributed by atoms with van der Waals surface area (Å²) in [6.45, 7) is 4.17. The molecular formula is C18H21N3OS. The highest BCUT2D eigenvalue weighted by Crippen LogP contribution is 2.32. The van der Waals surface area contributed by atoms with Gasteiger partial charge in [0.05, 0.1) is 5.69 Å². The molecule has 0 unspecified atom stereocenters. The number of fused-ring (bicyclic) bond motifs is 1. The van der Waals surface area contributed by atoms with Crippen LogP contribution >= 0.6 is 11.3 Å². The van der Waals surface area contributed by atoms with Gasteiger partial charge in [0.25, 0.3) is 0 Å². The third-order valence-corrected chi connectivity index (χ3v) is 4.48. The zero-order valence-electron chi connectivity index (χ0n) is 13.2. The molecule has 0 atom stereocenters. The molecule has 0 bridgehead atoms. The number of phenols is 1. The van der Waals surface area contributed by atoms with Gasteiger partial charge < -0.3 is 15.7 Å². The molecule has 0 saturated carbocycles. The summed E-state index contributed by atoms with van der Waals surface area (Å²) in [6, 6.07) is 11.4. The molecule has 120 valence electrons. The van der Waals surface area contributed by atoms with Crippen LogP contribution in [-0.2, 0) is 6.42 Å². The minimum Gasteiger partial charge on any atom is -0.507 e. The standard InChI is InChI=1S/C18H21N3OS/c1-2-10-19-11-9-13-12-23-18(20-13)21-16-7-3-6-15-14(16)5-4-8-17(15)22/h3-8,12,19,22H,2,9-11H2,1H3,(H,20,21). The minimum absolute atomic E-state index is 0.299. The monoisotopic (exact) mass is 327 g/mol. The summed E-state index contributed by atoms with van der Waals surface area (Å²) in [5.41, 5.74) is 2.06. The summed E-state index contributed by atoms with van der Waals surface area (Å²) in [5.74, 6) is 0.299. The Morgan fingerprint density at radius 3 is 2.78 bits per heavy atom. The van der Waals surface area contributed by atoms with Crippen LogP contribution in [0.2, 0.25) is 0 Å². The first kappa shape index (κ1) is 15.8. The Morgan fingerprint density at radius 2 is 1.91 bits per heavy atom. The molecule has 0 fully saturated rings. The van der Waals surface area contributed by atoms with E-state index in [4.69, 9.17) is 0 Å². The molecule has 0 amide bonds. The third-order valence-electron chi connectivity index (χ3n) is 3.68. The molecule has 3 N–H and O–H groups in total. The van der Waals surface area contributed by atoms with Crippen molar-refractivity contribution in [2.45, 2.75) is 19.8 Å². The fourth-order valence-corrected chi connectivity index (χ4v) is 3.27. The first-order valence-corrected chi connectivity index (χ1v) is 8.78. The molecular weight excluding hydrogens is 306 g/mol. The number of nitrogens with one attached hydrogen (secondary N) is 2. The van der Waals surface area contributed by atoms with Crippen molar-refractivity contribution in [3.8, 4) is 5.75 Å². The van der Waals surface area contributed by atoms with E-state index in [1.54, 1.807) is 17.4 Å². The van der Waals surface area contributed by atoms with Gasteiger partial charge in [-0.3, -0.25) is 0 Å². The van der Waals surface area contributed by atoms with Gasteiger partial charge in [-0.1, -0.05) is 31.2 Å². The molecule has 0 aliphatic rings. The van der Waals surface area contributed by atoms with E-state index in [0.717, 1.165) is 53.2 Å². The van der Waals surface area contributed by atoms with Crippen LogP contribution in [0.5, 0.6) is 5.75 Å². The number of aromatic nitrogens is 1. The van der Waals surface area contributed by atoms with Gasteiger partial charge in [0.15, 0.2) is 5.13 Å². The van der Waals surface area contributed by atoms with E-state index in [1.807, 2.05) is 30.3 Å². The van der Waals surface area contributed by atoms with Crippen molar-refractivity contribution in [3.63, 3.8) is 0 Å². The Balaban J connectivity index is 1.73. The van der Waals surface area contributed by atoms with E-state index in [9.17, 15) is 5.11 Å². The van der Waals surface area contributed by atoms with E-state index in [2.05, 4.69) is 27.9 Å².